The number of carbonyl (C=O) groups is 2. The van der Waals surface area contributed by atoms with Crippen LogP contribution in [-0.2, 0) is 22.1 Å². The third kappa shape index (κ3) is 5.90. The minimum absolute atomic E-state index is 0.000673. The Morgan fingerprint density at radius 2 is 1.61 bits per heavy atom. The van der Waals surface area contributed by atoms with Crippen LogP contribution in [0.5, 0.6) is 0 Å². The molecule has 0 bridgehead atoms. The second-order valence-corrected chi connectivity index (χ2v) is 9.85. The fraction of sp³-hybridized carbons (Fsp3) is 0.133. The number of thiophene rings is 1. The number of amides is 1. The molecule has 0 aliphatic heterocycles. The van der Waals surface area contributed by atoms with Crippen LogP contribution in [0, 0.1) is 0 Å². The molecule has 208 valence electrons. The van der Waals surface area contributed by atoms with E-state index in [4.69, 9.17) is 4.74 Å². The van der Waals surface area contributed by atoms with Crippen molar-refractivity contribution < 1.29 is 27.5 Å². The lowest BCUT2D eigenvalue weighted by atomic mass is 10.0. The van der Waals surface area contributed by atoms with Crippen molar-refractivity contribution in [3.63, 3.8) is 0 Å². The normalized spacial score (nSPS) is 11.4. The number of aromatic nitrogens is 2. The Balaban J connectivity index is 1.47. The van der Waals surface area contributed by atoms with Crippen molar-refractivity contribution in [2.45, 2.75) is 19.5 Å². The van der Waals surface area contributed by atoms with E-state index in [-0.39, 0.29) is 40.2 Å². The fourth-order valence-corrected chi connectivity index (χ4v) is 5.21. The third-order valence-electron chi connectivity index (χ3n) is 6.24. The van der Waals surface area contributed by atoms with E-state index >= 15 is 0 Å². The predicted octanol–water partition coefficient (Wildman–Crippen LogP) is 6.49. The van der Waals surface area contributed by atoms with Crippen LogP contribution in [0.25, 0.3) is 27.6 Å². The molecular formula is C30H22F3N3O4S. The van der Waals surface area contributed by atoms with Crippen LogP contribution in [0.1, 0.15) is 28.5 Å². The van der Waals surface area contributed by atoms with Gasteiger partial charge in [0.05, 0.1) is 29.7 Å². The van der Waals surface area contributed by atoms with Gasteiger partial charge < -0.3 is 10.1 Å². The maximum absolute atomic E-state index is 13.5. The molecule has 0 spiro atoms. The number of anilines is 1. The average Bonchev–Trinajstić information content (AvgIpc) is 3.37. The minimum atomic E-state index is -4.57. The molecule has 0 atom stereocenters. The van der Waals surface area contributed by atoms with Gasteiger partial charge in [-0.25, -0.2) is 4.79 Å². The van der Waals surface area contributed by atoms with Gasteiger partial charge in [-0.3, -0.25) is 9.59 Å². The van der Waals surface area contributed by atoms with E-state index in [9.17, 15) is 27.6 Å². The summed E-state index contributed by atoms with van der Waals surface area (Å²) in [4.78, 5) is 39.2. The molecule has 0 unspecified atom stereocenters. The largest absolute Gasteiger partial charge is 0.461 e. The summed E-state index contributed by atoms with van der Waals surface area (Å²) >= 11 is 1.03. The number of ether oxygens (including phenoxy) is 1. The highest BCUT2D eigenvalue weighted by atomic mass is 32.1. The molecule has 1 amide bonds. The lowest BCUT2D eigenvalue weighted by Gasteiger charge is -2.11. The summed E-state index contributed by atoms with van der Waals surface area (Å²) in [5.74, 6) is -1.21. The molecule has 0 radical (unpaired) electrons. The number of alkyl halides is 3. The van der Waals surface area contributed by atoms with Crippen LogP contribution in [0.4, 0.5) is 18.2 Å². The number of esters is 1. The first-order valence-electron chi connectivity index (χ1n) is 12.5. The monoisotopic (exact) mass is 577 g/mol. The van der Waals surface area contributed by atoms with Crippen molar-refractivity contribution in [2.24, 2.45) is 0 Å². The zero-order chi connectivity index (χ0) is 29.1. The molecule has 11 heteroatoms. The molecule has 7 nitrogen and oxygen atoms in total. The topological polar surface area (TPSA) is 90.3 Å². The zero-order valence-electron chi connectivity index (χ0n) is 21.6. The van der Waals surface area contributed by atoms with Crippen LogP contribution in [0.15, 0.2) is 89.0 Å². The summed E-state index contributed by atoms with van der Waals surface area (Å²) in [5.41, 5.74) is 0.995. The van der Waals surface area contributed by atoms with Crippen LogP contribution in [0.2, 0.25) is 0 Å². The average molecular weight is 578 g/mol. The maximum Gasteiger partial charge on any atom is 0.416 e. The maximum atomic E-state index is 13.5. The lowest BCUT2D eigenvalue weighted by Crippen LogP contribution is -2.26. The standard InChI is InChI=1S/C30H22F3N3O4S/c1-2-40-29(39)26-23-17-41-27(25(23)28(38)36(35-26)22-14-12-21(13-15-22)30(31,32)33)34-24(37)16-18-8-10-20(11-9-18)19-6-4-3-5-7-19/h3-15,17H,2,16H2,1H3,(H,34,37). The number of benzene rings is 3. The summed E-state index contributed by atoms with van der Waals surface area (Å²) < 4.78 is 45.1. The molecule has 1 N–H and O–H groups in total. The van der Waals surface area contributed by atoms with Gasteiger partial charge in [-0.05, 0) is 47.9 Å². The van der Waals surface area contributed by atoms with Crippen molar-refractivity contribution in [2.75, 3.05) is 11.9 Å². The van der Waals surface area contributed by atoms with E-state index in [0.29, 0.717) is 0 Å². The number of nitrogens with zero attached hydrogens (tertiary/aromatic N) is 2. The summed E-state index contributed by atoms with van der Waals surface area (Å²) in [5, 5.41) is 8.73. The number of carbonyl (C=O) groups excluding carboxylic acids is 2. The van der Waals surface area contributed by atoms with Crippen LogP contribution in [0.3, 0.4) is 0 Å². The molecule has 5 aromatic rings. The molecular weight excluding hydrogens is 555 g/mol. The van der Waals surface area contributed by atoms with Crippen molar-refractivity contribution in [3.05, 3.63) is 111 Å². The van der Waals surface area contributed by atoms with Gasteiger partial charge in [0, 0.05) is 10.8 Å². The van der Waals surface area contributed by atoms with Gasteiger partial charge >= 0.3 is 12.1 Å². The number of fused-ring (bicyclic) bond motifs is 1. The van der Waals surface area contributed by atoms with Crippen molar-refractivity contribution >= 4 is 39.0 Å². The molecule has 2 aromatic heterocycles. The SMILES string of the molecule is CCOC(=O)c1nn(-c2ccc(C(F)(F)F)cc2)c(=O)c2c(NC(=O)Cc3ccc(-c4ccccc4)cc3)scc12. The number of hydrogen-bond acceptors (Lipinski definition) is 6. The van der Waals surface area contributed by atoms with E-state index < -0.39 is 29.2 Å². The molecule has 2 heterocycles. The van der Waals surface area contributed by atoms with E-state index in [0.717, 1.165) is 57.0 Å². The Bertz CT molecular complexity index is 1780. The van der Waals surface area contributed by atoms with Gasteiger partial charge in [-0.15, -0.1) is 11.3 Å². The number of hydrogen-bond donors (Lipinski definition) is 1. The van der Waals surface area contributed by atoms with Crippen molar-refractivity contribution in [3.8, 4) is 16.8 Å². The van der Waals surface area contributed by atoms with E-state index in [1.54, 1.807) is 6.92 Å². The predicted molar refractivity (Wildman–Crippen MR) is 150 cm³/mol. The van der Waals surface area contributed by atoms with Gasteiger partial charge in [0.25, 0.3) is 5.56 Å². The highest BCUT2D eigenvalue weighted by Gasteiger charge is 2.30. The molecule has 0 fully saturated rings. The molecule has 0 aliphatic rings. The second-order valence-electron chi connectivity index (χ2n) is 8.97. The fourth-order valence-electron chi connectivity index (χ4n) is 4.26. The lowest BCUT2D eigenvalue weighted by molar-refractivity contribution is -0.137. The van der Waals surface area contributed by atoms with Gasteiger partial charge in [-0.2, -0.15) is 23.0 Å². The smallest absolute Gasteiger partial charge is 0.416 e. The molecule has 0 saturated heterocycles. The van der Waals surface area contributed by atoms with Gasteiger partial charge in [0.1, 0.15) is 5.00 Å². The zero-order valence-corrected chi connectivity index (χ0v) is 22.4. The van der Waals surface area contributed by atoms with Crippen LogP contribution < -0.4 is 10.9 Å². The van der Waals surface area contributed by atoms with Crippen molar-refractivity contribution in [1.29, 1.82) is 0 Å². The highest BCUT2D eigenvalue weighted by molar-refractivity contribution is 7.16. The number of nitrogens with one attached hydrogen (secondary N) is 1. The first-order valence-corrected chi connectivity index (χ1v) is 13.4. The number of halogens is 3. The van der Waals surface area contributed by atoms with Gasteiger partial charge in [-0.1, -0.05) is 54.6 Å². The van der Waals surface area contributed by atoms with Gasteiger partial charge in [0.2, 0.25) is 5.91 Å². The molecule has 3 aromatic carbocycles. The number of rotatable bonds is 7. The first kappa shape index (κ1) is 27.8. The minimum Gasteiger partial charge on any atom is -0.461 e. The molecule has 41 heavy (non-hydrogen) atoms. The third-order valence-corrected chi connectivity index (χ3v) is 7.13. The Kier molecular flexibility index (Phi) is 7.71. The summed E-state index contributed by atoms with van der Waals surface area (Å²) in [7, 11) is 0. The second kappa shape index (κ2) is 11.4. The molecule has 5 rings (SSSR count). The molecule has 0 aliphatic carbocycles. The van der Waals surface area contributed by atoms with Crippen LogP contribution >= 0.6 is 11.3 Å². The van der Waals surface area contributed by atoms with E-state index in [1.165, 1.54) is 5.38 Å². The van der Waals surface area contributed by atoms with Crippen LogP contribution in [-0.4, -0.2) is 28.3 Å². The Morgan fingerprint density at radius 3 is 2.24 bits per heavy atom. The molecule has 0 saturated carbocycles. The first-order chi connectivity index (χ1) is 19.7. The quantitative estimate of drug-likeness (QED) is 0.223. The Labute approximate surface area is 235 Å². The Morgan fingerprint density at radius 1 is 0.951 bits per heavy atom. The van der Waals surface area contributed by atoms with E-state index in [2.05, 4.69) is 10.4 Å². The summed E-state index contributed by atoms with van der Waals surface area (Å²) in [6.45, 7) is 1.64. The highest BCUT2D eigenvalue weighted by Crippen LogP contribution is 2.32. The van der Waals surface area contributed by atoms with Crippen molar-refractivity contribution in [1.82, 2.24) is 9.78 Å². The Hall–Kier alpha value is -4.77. The van der Waals surface area contributed by atoms with Gasteiger partial charge in [0.15, 0.2) is 5.69 Å². The summed E-state index contributed by atoms with van der Waals surface area (Å²) in [6, 6.07) is 21.1. The summed E-state index contributed by atoms with van der Waals surface area (Å²) in [6.07, 6.45) is -4.54. The van der Waals surface area contributed by atoms with E-state index in [1.807, 2.05) is 54.6 Å².